The molecule has 0 saturated carbocycles. The second-order valence-corrected chi connectivity index (χ2v) is 6.96. The average molecular weight is 338 g/mol. The van der Waals surface area contributed by atoms with Crippen LogP contribution in [0, 0.1) is 5.92 Å². The second kappa shape index (κ2) is 9.02. The van der Waals surface area contributed by atoms with Gasteiger partial charge in [-0.25, -0.2) is 0 Å². The van der Waals surface area contributed by atoms with E-state index < -0.39 is 0 Å². The van der Waals surface area contributed by atoms with Gasteiger partial charge in [0.15, 0.2) is 0 Å². The molecule has 0 radical (unpaired) electrons. The average Bonchev–Trinajstić information content (AvgIpc) is 2.69. The molecule has 3 heteroatoms. The summed E-state index contributed by atoms with van der Waals surface area (Å²) in [4.78, 5) is 2.63. The van der Waals surface area contributed by atoms with Gasteiger partial charge in [-0.2, -0.15) is 0 Å². The van der Waals surface area contributed by atoms with Crippen LogP contribution in [-0.2, 0) is 6.61 Å². The van der Waals surface area contributed by atoms with Crippen molar-refractivity contribution >= 4 is 0 Å². The zero-order chi connectivity index (χ0) is 17.5. The highest BCUT2D eigenvalue weighted by Gasteiger charge is 2.26. The van der Waals surface area contributed by atoms with Crippen LogP contribution >= 0.6 is 0 Å². The fourth-order valence-electron chi connectivity index (χ4n) is 3.58. The van der Waals surface area contributed by atoms with Crippen molar-refractivity contribution in [1.82, 2.24) is 10.2 Å². The van der Waals surface area contributed by atoms with Gasteiger partial charge in [-0.05, 0) is 29.2 Å². The van der Waals surface area contributed by atoms with Crippen molar-refractivity contribution in [1.29, 1.82) is 0 Å². The summed E-state index contributed by atoms with van der Waals surface area (Å²) in [6, 6.07) is 19.6. The van der Waals surface area contributed by atoms with Crippen molar-refractivity contribution in [3.05, 3.63) is 65.7 Å². The summed E-state index contributed by atoms with van der Waals surface area (Å²) in [6.45, 7) is 9.70. The van der Waals surface area contributed by atoms with E-state index in [-0.39, 0.29) is 0 Å². The Labute approximate surface area is 152 Å². The van der Waals surface area contributed by atoms with Gasteiger partial charge < -0.3 is 10.1 Å². The molecule has 1 fully saturated rings. The molecular formula is C22H30N2O. The van der Waals surface area contributed by atoms with Gasteiger partial charge >= 0.3 is 0 Å². The third kappa shape index (κ3) is 4.83. The minimum absolute atomic E-state index is 0.496. The number of rotatable bonds is 7. The van der Waals surface area contributed by atoms with Gasteiger partial charge in [0.1, 0.15) is 12.4 Å². The lowest BCUT2D eigenvalue weighted by atomic mass is 9.90. The van der Waals surface area contributed by atoms with Crippen LogP contribution in [0.5, 0.6) is 5.75 Å². The molecule has 3 rings (SSSR count). The molecule has 2 aromatic carbocycles. The van der Waals surface area contributed by atoms with Crippen LogP contribution in [0.3, 0.4) is 0 Å². The van der Waals surface area contributed by atoms with Crippen LogP contribution < -0.4 is 10.1 Å². The fraction of sp³-hybridized carbons (Fsp3) is 0.455. The lowest BCUT2D eigenvalue weighted by Gasteiger charge is -2.38. The molecule has 0 amide bonds. The van der Waals surface area contributed by atoms with Crippen LogP contribution in [0.15, 0.2) is 54.6 Å². The number of nitrogens with zero attached hydrogens (tertiary/aromatic N) is 1. The van der Waals surface area contributed by atoms with Gasteiger partial charge in [-0.1, -0.05) is 62.7 Å². The number of piperazine rings is 1. The van der Waals surface area contributed by atoms with Gasteiger partial charge in [0.25, 0.3) is 0 Å². The first-order valence-electron chi connectivity index (χ1n) is 9.49. The van der Waals surface area contributed by atoms with E-state index in [0.717, 1.165) is 31.9 Å². The Balaban J connectivity index is 1.67. The Morgan fingerprint density at radius 2 is 1.68 bits per heavy atom. The van der Waals surface area contributed by atoms with Crippen molar-refractivity contribution in [3.63, 3.8) is 0 Å². The number of nitrogens with one attached hydrogen (secondary N) is 1. The summed E-state index contributed by atoms with van der Waals surface area (Å²) >= 11 is 0. The Morgan fingerprint density at radius 1 is 1.00 bits per heavy atom. The number of ether oxygens (including phenoxy) is 1. The molecule has 1 saturated heterocycles. The maximum Gasteiger partial charge on any atom is 0.119 e. The van der Waals surface area contributed by atoms with E-state index in [1.807, 2.05) is 18.2 Å². The highest BCUT2D eigenvalue weighted by molar-refractivity contribution is 5.30. The Bertz CT molecular complexity index is 620. The quantitative estimate of drug-likeness (QED) is 0.816. The van der Waals surface area contributed by atoms with E-state index in [1.165, 1.54) is 17.5 Å². The van der Waals surface area contributed by atoms with E-state index in [9.17, 15) is 0 Å². The van der Waals surface area contributed by atoms with E-state index in [1.54, 1.807) is 0 Å². The molecule has 0 spiro atoms. The normalized spacial score (nSPS) is 17.8. The molecule has 0 bridgehead atoms. The van der Waals surface area contributed by atoms with Crippen LogP contribution in [0.4, 0.5) is 0 Å². The smallest absolute Gasteiger partial charge is 0.119 e. The minimum atomic E-state index is 0.496. The lowest BCUT2D eigenvalue weighted by molar-refractivity contribution is 0.128. The zero-order valence-electron chi connectivity index (χ0n) is 15.4. The van der Waals surface area contributed by atoms with E-state index >= 15 is 0 Å². The SMILES string of the molecule is CCC(C)[C@H](c1ccc(OCc2ccccc2)cc1)N1CCNCC1. The molecule has 1 aliphatic heterocycles. The molecular weight excluding hydrogens is 308 g/mol. The van der Waals surface area contributed by atoms with Crippen molar-refractivity contribution in [2.75, 3.05) is 26.2 Å². The largest absolute Gasteiger partial charge is 0.489 e. The van der Waals surface area contributed by atoms with Crippen LogP contribution in [0.25, 0.3) is 0 Å². The third-order valence-corrected chi connectivity index (χ3v) is 5.20. The molecule has 1 aliphatic rings. The van der Waals surface area contributed by atoms with Gasteiger partial charge in [0.05, 0.1) is 0 Å². The standard InChI is InChI=1S/C22H30N2O/c1-3-18(2)22(24-15-13-23-14-16-24)20-9-11-21(12-10-20)25-17-19-7-5-4-6-8-19/h4-12,18,22-23H,3,13-17H2,1-2H3/t18?,22-/m1/s1. The molecule has 1 unspecified atom stereocenters. The van der Waals surface area contributed by atoms with Gasteiger partial charge in [0.2, 0.25) is 0 Å². The van der Waals surface area contributed by atoms with E-state index in [0.29, 0.717) is 18.6 Å². The first kappa shape index (κ1) is 18.0. The fourth-order valence-corrected chi connectivity index (χ4v) is 3.58. The molecule has 2 aromatic rings. The van der Waals surface area contributed by atoms with E-state index in [4.69, 9.17) is 4.74 Å². The maximum absolute atomic E-state index is 5.94. The Kier molecular flexibility index (Phi) is 6.48. The second-order valence-electron chi connectivity index (χ2n) is 6.96. The molecule has 0 aliphatic carbocycles. The maximum atomic E-state index is 5.94. The highest BCUT2D eigenvalue weighted by Crippen LogP contribution is 2.32. The number of benzene rings is 2. The molecule has 0 aromatic heterocycles. The summed E-state index contributed by atoms with van der Waals surface area (Å²) in [7, 11) is 0. The van der Waals surface area contributed by atoms with Crippen molar-refractivity contribution in [3.8, 4) is 5.75 Å². The Morgan fingerprint density at radius 3 is 2.32 bits per heavy atom. The van der Waals surface area contributed by atoms with Crippen LogP contribution in [0.1, 0.15) is 37.4 Å². The number of hydrogen-bond donors (Lipinski definition) is 1. The van der Waals surface area contributed by atoms with Crippen LogP contribution in [0.2, 0.25) is 0 Å². The summed E-state index contributed by atoms with van der Waals surface area (Å²) in [5.41, 5.74) is 2.60. The summed E-state index contributed by atoms with van der Waals surface area (Å²) in [5.74, 6) is 1.59. The van der Waals surface area contributed by atoms with Crippen molar-refractivity contribution in [2.24, 2.45) is 5.92 Å². The first-order valence-corrected chi connectivity index (χ1v) is 9.49. The van der Waals surface area contributed by atoms with Gasteiger partial charge in [-0.3, -0.25) is 4.90 Å². The predicted molar refractivity (Wildman–Crippen MR) is 104 cm³/mol. The van der Waals surface area contributed by atoms with Crippen LogP contribution in [-0.4, -0.2) is 31.1 Å². The lowest BCUT2D eigenvalue weighted by Crippen LogP contribution is -2.46. The molecule has 25 heavy (non-hydrogen) atoms. The summed E-state index contributed by atoms with van der Waals surface area (Å²) in [6.07, 6.45) is 1.20. The topological polar surface area (TPSA) is 24.5 Å². The monoisotopic (exact) mass is 338 g/mol. The number of hydrogen-bond acceptors (Lipinski definition) is 3. The van der Waals surface area contributed by atoms with Crippen molar-refractivity contribution in [2.45, 2.75) is 32.9 Å². The van der Waals surface area contributed by atoms with Gasteiger partial charge in [-0.15, -0.1) is 0 Å². The first-order chi connectivity index (χ1) is 12.3. The van der Waals surface area contributed by atoms with Crippen molar-refractivity contribution < 1.29 is 4.74 Å². The molecule has 1 N–H and O–H groups in total. The predicted octanol–water partition coefficient (Wildman–Crippen LogP) is 4.26. The Hall–Kier alpha value is -1.84. The molecule has 1 heterocycles. The summed E-state index contributed by atoms with van der Waals surface area (Å²) in [5, 5.41) is 3.46. The summed E-state index contributed by atoms with van der Waals surface area (Å²) < 4.78 is 5.94. The van der Waals surface area contributed by atoms with E-state index in [2.05, 4.69) is 60.5 Å². The van der Waals surface area contributed by atoms with Gasteiger partial charge in [0, 0.05) is 32.2 Å². The highest BCUT2D eigenvalue weighted by atomic mass is 16.5. The molecule has 2 atom stereocenters. The minimum Gasteiger partial charge on any atom is -0.489 e. The zero-order valence-corrected chi connectivity index (χ0v) is 15.4. The third-order valence-electron chi connectivity index (χ3n) is 5.20. The molecule has 134 valence electrons. The molecule has 3 nitrogen and oxygen atoms in total.